The van der Waals surface area contributed by atoms with Gasteiger partial charge >= 0.3 is 0 Å². The van der Waals surface area contributed by atoms with Gasteiger partial charge in [0.15, 0.2) is 0 Å². The molecule has 0 spiro atoms. The van der Waals surface area contributed by atoms with Crippen molar-refractivity contribution >= 4 is 5.91 Å². The van der Waals surface area contributed by atoms with Crippen molar-refractivity contribution < 1.29 is 4.79 Å². The van der Waals surface area contributed by atoms with Gasteiger partial charge in [0, 0.05) is 19.8 Å². The molecule has 122 valence electrons. The van der Waals surface area contributed by atoms with Crippen molar-refractivity contribution in [2.45, 2.75) is 25.3 Å². The average Bonchev–Trinajstić information content (AvgIpc) is 3.03. The van der Waals surface area contributed by atoms with E-state index < -0.39 is 0 Å². The summed E-state index contributed by atoms with van der Waals surface area (Å²) >= 11 is 0. The van der Waals surface area contributed by atoms with E-state index >= 15 is 0 Å². The Bertz CT molecular complexity index is 629. The van der Waals surface area contributed by atoms with Crippen LogP contribution in [0.2, 0.25) is 0 Å². The predicted molar refractivity (Wildman–Crippen MR) is 92.4 cm³/mol. The molecule has 1 aromatic carbocycles. The molecule has 0 saturated carbocycles. The maximum atomic E-state index is 12.4. The molecule has 0 aliphatic carbocycles. The summed E-state index contributed by atoms with van der Waals surface area (Å²) in [5.74, 6) is -0.00422. The molecule has 1 saturated heterocycles. The number of piperidine rings is 1. The monoisotopic (exact) mass is 311 g/mol. The Balaban J connectivity index is 1.71. The number of benzene rings is 1. The average molecular weight is 311 g/mol. The number of aromatic nitrogens is 1. The second-order valence-corrected chi connectivity index (χ2v) is 6.24. The van der Waals surface area contributed by atoms with E-state index in [2.05, 4.69) is 34.5 Å². The van der Waals surface area contributed by atoms with Crippen LogP contribution in [0.15, 0.2) is 48.7 Å². The van der Waals surface area contributed by atoms with Gasteiger partial charge in [-0.2, -0.15) is 0 Å². The largest absolute Gasteiger partial charge is 0.349 e. The Hall–Kier alpha value is -2.07. The number of hydrogen-bond acceptors (Lipinski definition) is 2. The van der Waals surface area contributed by atoms with Crippen LogP contribution in [0.4, 0.5) is 0 Å². The summed E-state index contributed by atoms with van der Waals surface area (Å²) in [5, 5.41) is 3.12. The quantitative estimate of drug-likeness (QED) is 0.922. The van der Waals surface area contributed by atoms with E-state index in [0.717, 1.165) is 13.1 Å². The van der Waals surface area contributed by atoms with Gasteiger partial charge in [-0.3, -0.25) is 9.69 Å². The fourth-order valence-corrected chi connectivity index (χ4v) is 3.34. The highest BCUT2D eigenvalue weighted by Gasteiger charge is 2.23. The number of aryl methyl sites for hydroxylation is 1. The van der Waals surface area contributed by atoms with Crippen LogP contribution in [-0.2, 0) is 7.05 Å². The standard InChI is InChI=1S/C19H25N3O/c1-21-12-8-11-17(21)19(23)20-15-18(16-9-4-2-5-10-16)22-13-6-3-7-14-22/h2,4-5,8-12,18H,3,6-7,13-15H2,1H3,(H,20,23)/t18-/m1/s1. The van der Waals surface area contributed by atoms with Crippen molar-refractivity contribution in [3.63, 3.8) is 0 Å². The molecule has 0 unspecified atom stereocenters. The zero-order valence-electron chi connectivity index (χ0n) is 13.7. The maximum absolute atomic E-state index is 12.4. The number of amides is 1. The number of rotatable bonds is 5. The first-order valence-electron chi connectivity index (χ1n) is 8.44. The summed E-state index contributed by atoms with van der Waals surface area (Å²) in [5.41, 5.74) is 1.98. The molecule has 1 fully saturated rings. The third-order valence-electron chi connectivity index (χ3n) is 4.65. The van der Waals surface area contributed by atoms with Crippen LogP contribution in [0.3, 0.4) is 0 Å². The van der Waals surface area contributed by atoms with Gasteiger partial charge in [0.1, 0.15) is 5.69 Å². The molecular formula is C19H25N3O. The van der Waals surface area contributed by atoms with E-state index in [9.17, 15) is 4.79 Å². The number of nitrogens with zero attached hydrogens (tertiary/aromatic N) is 2. The number of nitrogens with one attached hydrogen (secondary N) is 1. The highest BCUT2D eigenvalue weighted by molar-refractivity contribution is 5.92. The highest BCUT2D eigenvalue weighted by atomic mass is 16.1. The first-order valence-corrected chi connectivity index (χ1v) is 8.44. The van der Waals surface area contributed by atoms with E-state index in [-0.39, 0.29) is 11.9 Å². The summed E-state index contributed by atoms with van der Waals surface area (Å²) < 4.78 is 1.85. The summed E-state index contributed by atoms with van der Waals surface area (Å²) in [6, 6.07) is 14.5. The molecule has 1 aromatic heterocycles. The molecule has 0 bridgehead atoms. The van der Waals surface area contributed by atoms with Crippen molar-refractivity contribution in [2.75, 3.05) is 19.6 Å². The first-order chi connectivity index (χ1) is 11.3. The van der Waals surface area contributed by atoms with Crippen molar-refractivity contribution in [1.82, 2.24) is 14.8 Å². The van der Waals surface area contributed by atoms with Crippen molar-refractivity contribution in [3.8, 4) is 0 Å². The van der Waals surface area contributed by atoms with Crippen LogP contribution in [0.25, 0.3) is 0 Å². The molecule has 23 heavy (non-hydrogen) atoms. The van der Waals surface area contributed by atoms with Crippen LogP contribution >= 0.6 is 0 Å². The van der Waals surface area contributed by atoms with E-state index in [1.807, 2.05) is 36.0 Å². The second kappa shape index (κ2) is 7.47. The molecule has 1 aliphatic heterocycles. The normalized spacial score (nSPS) is 16.9. The second-order valence-electron chi connectivity index (χ2n) is 6.24. The Kier molecular flexibility index (Phi) is 5.13. The van der Waals surface area contributed by atoms with E-state index in [1.165, 1.54) is 24.8 Å². The number of carbonyl (C=O) groups is 1. The molecule has 4 nitrogen and oxygen atoms in total. The van der Waals surface area contributed by atoms with Crippen LogP contribution < -0.4 is 5.32 Å². The van der Waals surface area contributed by atoms with Gasteiger partial charge in [-0.1, -0.05) is 36.8 Å². The third-order valence-corrected chi connectivity index (χ3v) is 4.65. The topological polar surface area (TPSA) is 37.3 Å². The van der Waals surface area contributed by atoms with E-state index in [1.54, 1.807) is 0 Å². The van der Waals surface area contributed by atoms with Crippen LogP contribution in [0.1, 0.15) is 41.4 Å². The van der Waals surface area contributed by atoms with Gasteiger partial charge in [0.25, 0.3) is 5.91 Å². The molecule has 1 atom stereocenters. The lowest BCUT2D eigenvalue weighted by Crippen LogP contribution is -2.40. The van der Waals surface area contributed by atoms with Gasteiger partial charge in [0.2, 0.25) is 0 Å². The smallest absolute Gasteiger partial charge is 0.267 e. The van der Waals surface area contributed by atoms with Gasteiger partial charge < -0.3 is 9.88 Å². The van der Waals surface area contributed by atoms with E-state index in [4.69, 9.17) is 0 Å². The molecule has 1 aliphatic rings. The third kappa shape index (κ3) is 3.82. The summed E-state index contributed by atoms with van der Waals surface area (Å²) in [6.07, 6.45) is 5.70. The molecule has 1 amide bonds. The maximum Gasteiger partial charge on any atom is 0.267 e. The lowest BCUT2D eigenvalue weighted by atomic mass is 10.0. The SMILES string of the molecule is Cn1cccc1C(=O)NC[C@H](c1ccccc1)N1CCCCC1. The molecule has 2 heterocycles. The summed E-state index contributed by atoms with van der Waals surface area (Å²) in [6.45, 7) is 2.87. The van der Waals surface area contributed by atoms with E-state index in [0.29, 0.717) is 12.2 Å². The molecule has 0 radical (unpaired) electrons. The minimum Gasteiger partial charge on any atom is -0.349 e. The van der Waals surface area contributed by atoms with Crippen LogP contribution in [-0.4, -0.2) is 35.0 Å². The minimum absolute atomic E-state index is 0.00422. The van der Waals surface area contributed by atoms with Gasteiger partial charge in [-0.05, 0) is 43.6 Å². The molecule has 4 heteroatoms. The fourth-order valence-electron chi connectivity index (χ4n) is 3.34. The van der Waals surface area contributed by atoms with Crippen LogP contribution in [0.5, 0.6) is 0 Å². The lowest BCUT2D eigenvalue weighted by Gasteiger charge is -2.35. The number of likely N-dealkylation sites (tertiary alicyclic amines) is 1. The van der Waals surface area contributed by atoms with Crippen molar-refractivity contribution in [1.29, 1.82) is 0 Å². The number of carbonyl (C=O) groups excluding carboxylic acids is 1. The summed E-state index contributed by atoms with van der Waals surface area (Å²) in [7, 11) is 1.90. The van der Waals surface area contributed by atoms with Crippen molar-refractivity contribution in [2.24, 2.45) is 7.05 Å². The zero-order valence-corrected chi connectivity index (χ0v) is 13.7. The Morgan fingerprint density at radius 1 is 1.09 bits per heavy atom. The Morgan fingerprint density at radius 3 is 2.48 bits per heavy atom. The van der Waals surface area contributed by atoms with Gasteiger partial charge in [-0.25, -0.2) is 0 Å². The Morgan fingerprint density at radius 2 is 1.83 bits per heavy atom. The minimum atomic E-state index is -0.00422. The van der Waals surface area contributed by atoms with Crippen molar-refractivity contribution in [3.05, 3.63) is 59.9 Å². The fraction of sp³-hybridized carbons (Fsp3) is 0.421. The molecule has 1 N–H and O–H groups in total. The molecular weight excluding hydrogens is 286 g/mol. The van der Waals surface area contributed by atoms with Gasteiger partial charge in [-0.15, -0.1) is 0 Å². The predicted octanol–water partition coefficient (Wildman–Crippen LogP) is 2.98. The molecule has 3 rings (SSSR count). The lowest BCUT2D eigenvalue weighted by molar-refractivity contribution is 0.0916. The molecule has 2 aromatic rings. The van der Waals surface area contributed by atoms with Gasteiger partial charge in [0.05, 0.1) is 6.04 Å². The summed E-state index contributed by atoms with van der Waals surface area (Å²) in [4.78, 5) is 14.9. The Labute approximate surface area is 138 Å². The van der Waals surface area contributed by atoms with Crippen LogP contribution in [0, 0.1) is 0 Å². The highest BCUT2D eigenvalue weighted by Crippen LogP contribution is 2.24. The first kappa shape index (κ1) is 15.8. The zero-order chi connectivity index (χ0) is 16.1. The number of hydrogen-bond donors (Lipinski definition) is 1.